The SMILES string of the molecule is O=C(O)c1cccc(C2(NC(=O)c3cc4c(Cl)c(Cl)ccc4[nH]3)CCOC2)c1. The number of fused-ring (bicyclic) bond motifs is 1. The lowest BCUT2D eigenvalue weighted by Crippen LogP contribution is -2.46. The average molecular weight is 419 g/mol. The Morgan fingerprint density at radius 3 is 2.71 bits per heavy atom. The van der Waals surface area contributed by atoms with Gasteiger partial charge >= 0.3 is 5.97 Å². The highest BCUT2D eigenvalue weighted by Crippen LogP contribution is 2.33. The van der Waals surface area contributed by atoms with Crippen molar-refractivity contribution in [3.05, 3.63) is 69.3 Å². The number of aromatic amines is 1. The third-order valence-corrected chi connectivity index (χ3v) is 5.79. The highest BCUT2D eigenvalue weighted by Gasteiger charge is 2.39. The van der Waals surface area contributed by atoms with E-state index in [-0.39, 0.29) is 18.1 Å². The topological polar surface area (TPSA) is 91.4 Å². The summed E-state index contributed by atoms with van der Waals surface area (Å²) in [5, 5.41) is 13.7. The van der Waals surface area contributed by atoms with E-state index in [1.54, 1.807) is 36.4 Å². The maximum absolute atomic E-state index is 13.0. The summed E-state index contributed by atoms with van der Waals surface area (Å²) in [6.07, 6.45) is 0.536. The van der Waals surface area contributed by atoms with Crippen LogP contribution in [0.25, 0.3) is 10.9 Å². The minimum absolute atomic E-state index is 0.157. The smallest absolute Gasteiger partial charge is 0.335 e. The van der Waals surface area contributed by atoms with E-state index in [0.29, 0.717) is 45.2 Å². The molecule has 1 aromatic heterocycles. The minimum Gasteiger partial charge on any atom is -0.478 e. The first-order valence-corrected chi connectivity index (χ1v) is 9.36. The van der Waals surface area contributed by atoms with Crippen LogP contribution in [0.4, 0.5) is 0 Å². The van der Waals surface area contributed by atoms with E-state index in [1.165, 1.54) is 6.07 Å². The summed E-state index contributed by atoms with van der Waals surface area (Å²) in [6.45, 7) is 0.723. The number of ether oxygens (including phenoxy) is 1. The van der Waals surface area contributed by atoms with E-state index < -0.39 is 11.5 Å². The number of hydrogen-bond donors (Lipinski definition) is 3. The van der Waals surface area contributed by atoms with Crippen LogP contribution in [-0.2, 0) is 10.3 Å². The fourth-order valence-corrected chi connectivity index (χ4v) is 3.85. The van der Waals surface area contributed by atoms with Gasteiger partial charge in [0.25, 0.3) is 5.91 Å². The fraction of sp³-hybridized carbons (Fsp3) is 0.200. The molecule has 1 amide bonds. The number of aromatic nitrogens is 1. The summed E-state index contributed by atoms with van der Waals surface area (Å²) in [6, 6.07) is 11.6. The summed E-state index contributed by atoms with van der Waals surface area (Å²) in [7, 11) is 0. The number of carbonyl (C=O) groups is 2. The summed E-state index contributed by atoms with van der Waals surface area (Å²) in [5.41, 5.74) is 1.07. The quantitative estimate of drug-likeness (QED) is 0.591. The molecule has 1 atom stereocenters. The van der Waals surface area contributed by atoms with Crippen LogP contribution in [0, 0.1) is 0 Å². The predicted molar refractivity (Wildman–Crippen MR) is 106 cm³/mol. The Hall–Kier alpha value is -2.54. The monoisotopic (exact) mass is 418 g/mol. The van der Waals surface area contributed by atoms with Crippen molar-refractivity contribution in [1.82, 2.24) is 10.3 Å². The molecule has 1 aliphatic heterocycles. The molecule has 0 spiro atoms. The zero-order chi connectivity index (χ0) is 19.9. The van der Waals surface area contributed by atoms with Gasteiger partial charge in [0.2, 0.25) is 0 Å². The van der Waals surface area contributed by atoms with Gasteiger partial charge in [-0.15, -0.1) is 0 Å². The van der Waals surface area contributed by atoms with Crippen molar-refractivity contribution in [2.45, 2.75) is 12.0 Å². The molecule has 6 nitrogen and oxygen atoms in total. The van der Waals surface area contributed by atoms with Crippen LogP contribution in [-0.4, -0.2) is 35.2 Å². The van der Waals surface area contributed by atoms with Crippen LogP contribution in [0.2, 0.25) is 10.0 Å². The number of rotatable bonds is 4. The molecular formula is C20H16Cl2N2O4. The third kappa shape index (κ3) is 3.24. The standard InChI is InChI=1S/C20H16Cl2N2O4/c21-14-4-5-15-13(17(14)22)9-16(23-15)18(25)24-20(6-7-28-10-20)12-3-1-2-11(8-12)19(26)27/h1-5,8-9,23H,6-7,10H2,(H,24,25)(H,26,27). The third-order valence-electron chi connectivity index (χ3n) is 4.97. The molecule has 2 heterocycles. The molecule has 1 saturated heterocycles. The molecule has 0 radical (unpaired) electrons. The van der Waals surface area contributed by atoms with Gasteiger partial charge in [0, 0.05) is 23.9 Å². The highest BCUT2D eigenvalue weighted by atomic mass is 35.5. The Morgan fingerprint density at radius 1 is 1.18 bits per heavy atom. The van der Waals surface area contributed by atoms with Crippen LogP contribution in [0.15, 0.2) is 42.5 Å². The largest absolute Gasteiger partial charge is 0.478 e. The number of nitrogens with one attached hydrogen (secondary N) is 2. The van der Waals surface area contributed by atoms with Crippen LogP contribution < -0.4 is 5.32 Å². The molecule has 28 heavy (non-hydrogen) atoms. The van der Waals surface area contributed by atoms with E-state index in [9.17, 15) is 14.7 Å². The van der Waals surface area contributed by atoms with Gasteiger partial charge in [0.05, 0.1) is 27.8 Å². The first-order valence-electron chi connectivity index (χ1n) is 8.60. The lowest BCUT2D eigenvalue weighted by atomic mass is 9.88. The number of halogens is 2. The molecule has 3 N–H and O–H groups in total. The second-order valence-corrected chi connectivity index (χ2v) is 7.52. The summed E-state index contributed by atoms with van der Waals surface area (Å²) < 4.78 is 5.53. The Bertz CT molecular complexity index is 1090. The second kappa shape index (κ2) is 7.13. The predicted octanol–water partition coefficient (Wildman–Crippen LogP) is 4.22. The molecule has 3 aromatic rings. The fourth-order valence-electron chi connectivity index (χ4n) is 3.46. The molecule has 1 unspecified atom stereocenters. The van der Waals surface area contributed by atoms with Crippen molar-refractivity contribution in [2.75, 3.05) is 13.2 Å². The Kier molecular flexibility index (Phi) is 4.79. The lowest BCUT2D eigenvalue weighted by molar-refractivity contribution is 0.0696. The Labute approximate surface area is 170 Å². The number of H-pyrrole nitrogens is 1. The van der Waals surface area contributed by atoms with Crippen LogP contribution in [0.5, 0.6) is 0 Å². The maximum Gasteiger partial charge on any atom is 0.335 e. The van der Waals surface area contributed by atoms with E-state index in [0.717, 1.165) is 0 Å². The number of benzene rings is 2. The lowest BCUT2D eigenvalue weighted by Gasteiger charge is -2.29. The number of carboxylic acids is 1. The highest BCUT2D eigenvalue weighted by molar-refractivity contribution is 6.45. The van der Waals surface area contributed by atoms with Gasteiger partial charge in [-0.2, -0.15) is 0 Å². The van der Waals surface area contributed by atoms with Gasteiger partial charge in [-0.25, -0.2) is 4.79 Å². The zero-order valence-electron chi connectivity index (χ0n) is 14.6. The normalized spacial score (nSPS) is 19.1. The van der Waals surface area contributed by atoms with Crippen molar-refractivity contribution in [1.29, 1.82) is 0 Å². The van der Waals surface area contributed by atoms with Crippen LogP contribution in [0.3, 0.4) is 0 Å². The number of carboxylic acid groups (broad SMARTS) is 1. The van der Waals surface area contributed by atoms with Gasteiger partial charge in [-0.05, 0) is 35.9 Å². The second-order valence-electron chi connectivity index (χ2n) is 6.73. The molecule has 0 bridgehead atoms. The van der Waals surface area contributed by atoms with Gasteiger partial charge < -0.3 is 20.1 Å². The summed E-state index contributed by atoms with van der Waals surface area (Å²) in [5.74, 6) is -1.36. The van der Waals surface area contributed by atoms with Crippen molar-refractivity contribution in [3.63, 3.8) is 0 Å². The van der Waals surface area contributed by atoms with Gasteiger partial charge in [0.15, 0.2) is 0 Å². The molecule has 0 aliphatic carbocycles. The van der Waals surface area contributed by atoms with Crippen molar-refractivity contribution in [2.24, 2.45) is 0 Å². The van der Waals surface area contributed by atoms with E-state index in [4.69, 9.17) is 27.9 Å². The Balaban J connectivity index is 1.69. The molecule has 2 aromatic carbocycles. The van der Waals surface area contributed by atoms with E-state index in [1.807, 2.05) is 0 Å². The zero-order valence-corrected chi connectivity index (χ0v) is 16.1. The molecule has 1 fully saturated rings. The summed E-state index contributed by atoms with van der Waals surface area (Å²) >= 11 is 12.3. The number of amides is 1. The molecule has 1 aliphatic rings. The molecular weight excluding hydrogens is 403 g/mol. The maximum atomic E-state index is 13.0. The van der Waals surface area contributed by atoms with Gasteiger partial charge in [-0.3, -0.25) is 4.79 Å². The van der Waals surface area contributed by atoms with Crippen LogP contribution in [0.1, 0.15) is 32.8 Å². The molecule has 8 heteroatoms. The molecule has 4 rings (SSSR count). The average Bonchev–Trinajstić information content (AvgIpc) is 3.33. The van der Waals surface area contributed by atoms with Gasteiger partial charge in [-0.1, -0.05) is 35.3 Å². The van der Waals surface area contributed by atoms with E-state index >= 15 is 0 Å². The molecule has 0 saturated carbocycles. The van der Waals surface area contributed by atoms with Gasteiger partial charge in [0.1, 0.15) is 5.69 Å². The first-order chi connectivity index (χ1) is 13.4. The minimum atomic E-state index is -1.02. The Morgan fingerprint density at radius 2 is 2.00 bits per heavy atom. The van der Waals surface area contributed by atoms with Crippen molar-refractivity contribution >= 4 is 46.0 Å². The van der Waals surface area contributed by atoms with Crippen LogP contribution >= 0.6 is 23.2 Å². The molecule has 144 valence electrons. The number of carbonyl (C=O) groups excluding carboxylic acids is 1. The van der Waals surface area contributed by atoms with Crippen molar-refractivity contribution < 1.29 is 19.4 Å². The van der Waals surface area contributed by atoms with Crippen molar-refractivity contribution in [3.8, 4) is 0 Å². The first kappa shape index (κ1) is 18.8. The number of aromatic carboxylic acids is 1. The summed E-state index contributed by atoms with van der Waals surface area (Å²) in [4.78, 5) is 27.3. The van der Waals surface area contributed by atoms with E-state index in [2.05, 4.69) is 10.3 Å². The number of hydrogen-bond acceptors (Lipinski definition) is 3.